The van der Waals surface area contributed by atoms with Crippen molar-refractivity contribution in [3.8, 4) is 28.4 Å². The Morgan fingerprint density at radius 1 is 0.682 bits per heavy atom. The van der Waals surface area contributed by atoms with E-state index in [0.717, 1.165) is 11.1 Å². The molecule has 6 rings (SSSR count). The molecule has 3 atom stereocenters. The molecule has 5 aromatic carbocycles. The predicted octanol–water partition coefficient (Wildman–Crippen LogP) is 7.73. The lowest BCUT2D eigenvalue weighted by atomic mass is 10.0. The van der Waals surface area contributed by atoms with Gasteiger partial charge >= 0.3 is 14.9 Å². The van der Waals surface area contributed by atoms with E-state index in [-0.39, 0.29) is 16.8 Å². The van der Waals surface area contributed by atoms with Crippen LogP contribution in [-0.2, 0) is 13.7 Å². The summed E-state index contributed by atoms with van der Waals surface area (Å²) in [5.74, 6) is 1.86. The maximum Gasteiger partial charge on any atom is 0.371 e. The summed E-state index contributed by atoms with van der Waals surface area (Å²) in [5, 5.41) is 4.10. The molecule has 5 aromatic rings. The first-order valence-corrected chi connectivity index (χ1v) is 18.6. The third kappa shape index (κ3) is 5.36. The van der Waals surface area contributed by atoms with Crippen molar-refractivity contribution in [2.24, 2.45) is 0 Å². The van der Waals surface area contributed by atoms with E-state index in [2.05, 4.69) is 18.2 Å². The van der Waals surface area contributed by atoms with E-state index in [1.54, 1.807) is 78.9 Å². The second-order valence-corrected chi connectivity index (χ2v) is 16.4. The second kappa shape index (κ2) is 11.9. The summed E-state index contributed by atoms with van der Waals surface area (Å²) in [6.45, 7) is 7.44. The minimum atomic E-state index is -3.99. The topological polar surface area (TPSA) is 90.9 Å². The largest absolute Gasteiger partial charge is 0.437 e. The van der Waals surface area contributed by atoms with Crippen LogP contribution in [0.1, 0.15) is 0 Å². The summed E-state index contributed by atoms with van der Waals surface area (Å²) in [6, 6.07) is 36.4. The van der Waals surface area contributed by atoms with Gasteiger partial charge in [-0.15, -0.1) is 0 Å². The highest BCUT2D eigenvalue weighted by molar-refractivity contribution is 7.75. The number of hydrogen-bond donors (Lipinski definition) is 1. The molecule has 1 heterocycles. The zero-order valence-corrected chi connectivity index (χ0v) is 26.2. The highest BCUT2D eigenvalue weighted by Crippen LogP contribution is 2.57. The van der Waals surface area contributed by atoms with Crippen LogP contribution in [0.15, 0.2) is 153 Å². The van der Waals surface area contributed by atoms with Gasteiger partial charge in [0.25, 0.3) is 7.37 Å². The molecule has 0 aromatic heterocycles. The highest BCUT2D eigenvalue weighted by Gasteiger charge is 2.42. The average molecular weight is 640 g/mol. The van der Waals surface area contributed by atoms with E-state index in [1.807, 2.05) is 30.3 Å². The SMILES string of the molecule is C=CNP(=O)(Oc1ccc(OP(=O)(C=C)c2ccccc2)cc1P1(=O)Oc2ccccc2-c2ccccc21)c1ccccc1. The molecular formula is C34H28NO6P3. The molecule has 0 aliphatic carbocycles. The minimum Gasteiger partial charge on any atom is -0.437 e. The van der Waals surface area contributed by atoms with E-state index < -0.39 is 22.3 Å². The van der Waals surface area contributed by atoms with Crippen LogP contribution in [0.25, 0.3) is 11.1 Å². The number of rotatable bonds is 10. The standard InChI is InChI=1S/C34H28NO6P3/c1-3-35-44(38,28-17-9-6-10-18-28)41-32-24-23-26(39-42(36,4-2)27-15-7-5-8-16-27)25-34(32)43(37)33-22-14-12-20-30(33)29-19-11-13-21-31(29)40-43/h3-25H,1-2H2,(H,35,38). The molecule has 0 saturated carbocycles. The van der Waals surface area contributed by atoms with Crippen LogP contribution in [0.3, 0.4) is 0 Å². The van der Waals surface area contributed by atoms with Crippen molar-refractivity contribution >= 4 is 43.5 Å². The van der Waals surface area contributed by atoms with Gasteiger partial charge in [0, 0.05) is 11.4 Å². The first kappa shape index (κ1) is 29.5. The first-order chi connectivity index (χ1) is 21.3. The monoisotopic (exact) mass is 639 g/mol. The van der Waals surface area contributed by atoms with Crippen LogP contribution in [0, 0.1) is 0 Å². The molecule has 1 aliphatic rings. The molecule has 0 bridgehead atoms. The molecule has 7 nitrogen and oxygen atoms in total. The second-order valence-electron chi connectivity index (χ2n) is 9.80. The maximum atomic E-state index is 15.3. The van der Waals surface area contributed by atoms with Crippen molar-refractivity contribution in [2.45, 2.75) is 0 Å². The summed E-state index contributed by atoms with van der Waals surface area (Å²) in [7, 11) is -11.4. The Kier molecular flexibility index (Phi) is 7.97. The average Bonchev–Trinajstić information content (AvgIpc) is 3.06. The molecular weight excluding hydrogens is 611 g/mol. The lowest BCUT2D eigenvalue weighted by Crippen LogP contribution is -2.28. The lowest BCUT2D eigenvalue weighted by Gasteiger charge is -2.31. The van der Waals surface area contributed by atoms with Gasteiger partial charge in [-0.3, -0.25) is 9.13 Å². The fraction of sp³-hybridized carbons (Fsp3) is 0. The van der Waals surface area contributed by atoms with Gasteiger partial charge in [-0.25, -0.2) is 4.57 Å². The summed E-state index contributed by atoms with van der Waals surface area (Å²) >= 11 is 0. The number of nitrogens with one attached hydrogen (secondary N) is 1. The Balaban J connectivity index is 1.55. The van der Waals surface area contributed by atoms with E-state index in [0.29, 0.717) is 21.7 Å². The van der Waals surface area contributed by atoms with Gasteiger partial charge in [0.2, 0.25) is 0 Å². The van der Waals surface area contributed by atoms with Gasteiger partial charge in [0.15, 0.2) is 0 Å². The molecule has 0 fully saturated rings. The van der Waals surface area contributed by atoms with Crippen LogP contribution >= 0.6 is 22.3 Å². The van der Waals surface area contributed by atoms with Gasteiger partial charge in [-0.2, -0.15) is 0 Å². The number of fused-ring (bicyclic) bond motifs is 3. The molecule has 3 unspecified atom stereocenters. The van der Waals surface area contributed by atoms with Crippen molar-refractivity contribution in [1.82, 2.24) is 5.09 Å². The number of benzene rings is 5. The third-order valence-corrected chi connectivity index (χ3v) is 13.5. The van der Waals surface area contributed by atoms with Crippen LogP contribution in [0.2, 0.25) is 0 Å². The molecule has 1 N–H and O–H groups in total. The van der Waals surface area contributed by atoms with Crippen LogP contribution in [0.4, 0.5) is 0 Å². The van der Waals surface area contributed by atoms with Gasteiger partial charge in [-0.05, 0) is 66.4 Å². The summed E-state index contributed by atoms with van der Waals surface area (Å²) < 4.78 is 62.2. The van der Waals surface area contributed by atoms with Crippen molar-refractivity contribution in [3.05, 3.63) is 153 Å². The molecule has 220 valence electrons. The third-order valence-electron chi connectivity index (χ3n) is 7.05. The van der Waals surface area contributed by atoms with E-state index >= 15 is 4.57 Å². The summed E-state index contributed by atoms with van der Waals surface area (Å²) in [6.07, 6.45) is 1.29. The fourth-order valence-corrected chi connectivity index (χ4v) is 10.4. The Morgan fingerprint density at radius 2 is 1.30 bits per heavy atom. The van der Waals surface area contributed by atoms with Crippen molar-refractivity contribution in [2.75, 3.05) is 0 Å². The maximum absolute atomic E-state index is 15.3. The van der Waals surface area contributed by atoms with Crippen LogP contribution in [0.5, 0.6) is 17.2 Å². The summed E-state index contributed by atoms with van der Waals surface area (Å²) in [4.78, 5) is 0. The zero-order valence-electron chi connectivity index (χ0n) is 23.5. The quantitative estimate of drug-likeness (QED) is 0.157. The normalized spacial score (nSPS) is 17.7. The van der Waals surface area contributed by atoms with Crippen molar-refractivity contribution in [3.63, 3.8) is 0 Å². The van der Waals surface area contributed by atoms with Crippen molar-refractivity contribution in [1.29, 1.82) is 0 Å². The van der Waals surface area contributed by atoms with Crippen LogP contribution in [-0.4, -0.2) is 0 Å². The fourth-order valence-electron chi connectivity index (χ4n) is 4.98. The Morgan fingerprint density at radius 3 is 1.98 bits per heavy atom. The minimum absolute atomic E-state index is 0.0320. The molecule has 0 spiro atoms. The lowest BCUT2D eigenvalue weighted by molar-refractivity contribution is 0.480. The first-order valence-electron chi connectivity index (χ1n) is 13.7. The van der Waals surface area contributed by atoms with E-state index in [4.69, 9.17) is 13.6 Å². The molecule has 1 aliphatic heterocycles. The van der Waals surface area contributed by atoms with Gasteiger partial charge in [0.05, 0.1) is 21.2 Å². The van der Waals surface area contributed by atoms with Gasteiger partial charge < -0.3 is 18.7 Å². The highest BCUT2D eigenvalue weighted by atomic mass is 31.2. The van der Waals surface area contributed by atoms with Crippen molar-refractivity contribution < 1.29 is 27.3 Å². The van der Waals surface area contributed by atoms with Gasteiger partial charge in [0.1, 0.15) is 17.2 Å². The van der Waals surface area contributed by atoms with Gasteiger partial charge in [-0.1, -0.05) is 86.0 Å². The molecule has 0 radical (unpaired) electrons. The predicted molar refractivity (Wildman–Crippen MR) is 178 cm³/mol. The molecule has 10 heteroatoms. The smallest absolute Gasteiger partial charge is 0.371 e. The summed E-state index contributed by atoms with van der Waals surface area (Å²) in [5.41, 5.74) is 1.51. The van der Waals surface area contributed by atoms with Crippen LogP contribution < -0.4 is 39.9 Å². The molecule has 44 heavy (non-hydrogen) atoms. The number of para-hydroxylation sites is 1. The van der Waals surface area contributed by atoms with E-state index in [9.17, 15) is 9.13 Å². The Bertz CT molecular complexity index is 2010. The molecule has 0 saturated heterocycles. The molecule has 0 amide bonds. The zero-order chi connectivity index (χ0) is 30.8. The van der Waals surface area contributed by atoms with E-state index in [1.165, 1.54) is 30.2 Å². The Labute approximate surface area is 256 Å². The Hall–Kier alpha value is -4.53. The number of hydrogen-bond acceptors (Lipinski definition) is 6.